The van der Waals surface area contributed by atoms with Gasteiger partial charge in [-0.15, -0.1) is 0 Å². The predicted octanol–water partition coefficient (Wildman–Crippen LogP) is 2.79. The zero-order chi connectivity index (χ0) is 15.1. The summed E-state index contributed by atoms with van der Waals surface area (Å²) in [5.41, 5.74) is 8.06. The Morgan fingerprint density at radius 3 is 2.76 bits per heavy atom. The Hall–Kier alpha value is -1.78. The van der Waals surface area contributed by atoms with Gasteiger partial charge in [0.05, 0.1) is 0 Å². The summed E-state index contributed by atoms with van der Waals surface area (Å²) >= 11 is 0. The van der Waals surface area contributed by atoms with E-state index in [1.54, 1.807) is 6.07 Å². The molecule has 112 valence electrons. The van der Waals surface area contributed by atoms with Crippen molar-refractivity contribution in [1.82, 2.24) is 9.88 Å². The first-order chi connectivity index (χ1) is 10.1. The van der Waals surface area contributed by atoms with Crippen LogP contribution in [0.1, 0.15) is 23.7 Å². The van der Waals surface area contributed by atoms with Crippen molar-refractivity contribution in [3.8, 4) is 0 Å². The molecule has 0 aliphatic heterocycles. The molecule has 3 nitrogen and oxygen atoms in total. The molecule has 0 saturated heterocycles. The minimum absolute atomic E-state index is 0.127. The van der Waals surface area contributed by atoms with Crippen LogP contribution in [-0.4, -0.2) is 30.0 Å². The smallest absolute Gasteiger partial charge is 0.123 e. The van der Waals surface area contributed by atoms with Crippen LogP contribution < -0.4 is 5.73 Å². The van der Waals surface area contributed by atoms with E-state index in [2.05, 4.69) is 16.9 Å². The number of pyridine rings is 1. The zero-order valence-corrected chi connectivity index (χ0v) is 12.4. The molecule has 0 fully saturated rings. The molecule has 0 bridgehead atoms. The molecule has 1 unspecified atom stereocenters. The number of halogens is 1. The quantitative estimate of drug-likeness (QED) is 0.851. The van der Waals surface area contributed by atoms with E-state index in [9.17, 15) is 4.39 Å². The highest BCUT2D eigenvalue weighted by Crippen LogP contribution is 2.15. The van der Waals surface area contributed by atoms with Crippen molar-refractivity contribution >= 4 is 0 Å². The monoisotopic (exact) mass is 287 g/mol. The molecule has 2 aromatic rings. The first-order valence-corrected chi connectivity index (χ1v) is 7.24. The van der Waals surface area contributed by atoms with E-state index in [1.807, 2.05) is 30.5 Å². The van der Waals surface area contributed by atoms with E-state index in [0.29, 0.717) is 0 Å². The minimum atomic E-state index is -0.230. The van der Waals surface area contributed by atoms with Crippen molar-refractivity contribution in [3.63, 3.8) is 0 Å². The molecule has 1 heterocycles. The van der Waals surface area contributed by atoms with Gasteiger partial charge in [0.15, 0.2) is 0 Å². The van der Waals surface area contributed by atoms with Crippen LogP contribution in [-0.2, 0) is 6.42 Å². The van der Waals surface area contributed by atoms with Crippen LogP contribution in [0.5, 0.6) is 0 Å². The molecule has 0 radical (unpaired) electrons. The summed E-state index contributed by atoms with van der Waals surface area (Å²) in [6.45, 7) is 1.82. The maximum absolute atomic E-state index is 13.2. The summed E-state index contributed by atoms with van der Waals surface area (Å²) < 4.78 is 13.2. The molecule has 21 heavy (non-hydrogen) atoms. The molecule has 0 aliphatic carbocycles. The number of nitrogens with zero attached hydrogens (tertiary/aromatic N) is 2. The van der Waals surface area contributed by atoms with E-state index in [0.717, 1.165) is 37.2 Å². The van der Waals surface area contributed by atoms with Crippen LogP contribution in [0.2, 0.25) is 0 Å². The summed E-state index contributed by atoms with van der Waals surface area (Å²) in [7, 11) is 2.07. The van der Waals surface area contributed by atoms with Crippen molar-refractivity contribution < 1.29 is 4.39 Å². The molecule has 0 aliphatic rings. The minimum Gasteiger partial charge on any atom is -0.324 e. The van der Waals surface area contributed by atoms with Crippen molar-refractivity contribution in [2.24, 2.45) is 5.73 Å². The van der Waals surface area contributed by atoms with Gasteiger partial charge in [-0.2, -0.15) is 0 Å². The number of hydrogen-bond acceptors (Lipinski definition) is 3. The van der Waals surface area contributed by atoms with Gasteiger partial charge in [-0.05, 0) is 49.8 Å². The second-order valence-electron chi connectivity index (χ2n) is 5.32. The van der Waals surface area contributed by atoms with Gasteiger partial charge < -0.3 is 10.6 Å². The second-order valence-corrected chi connectivity index (χ2v) is 5.32. The maximum Gasteiger partial charge on any atom is 0.123 e. The fourth-order valence-corrected chi connectivity index (χ4v) is 2.23. The second kappa shape index (κ2) is 7.86. The van der Waals surface area contributed by atoms with Crippen molar-refractivity contribution in [2.75, 3.05) is 20.1 Å². The molecule has 1 aromatic heterocycles. The van der Waals surface area contributed by atoms with Crippen LogP contribution in [0.15, 0.2) is 48.7 Å². The highest BCUT2D eigenvalue weighted by atomic mass is 19.1. The van der Waals surface area contributed by atoms with Crippen LogP contribution in [0.25, 0.3) is 0 Å². The molecule has 4 heteroatoms. The Labute approximate surface area is 125 Å². The lowest BCUT2D eigenvalue weighted by molar-refractivity contribution is 0.321. The average molecular weight is 287 g/mol. The fourth-order valence-electron chi connectivity index (χ4n) is 2.23. The van der Waals surface area contributed by atoms with Crippen LogP contribution in [0.4, 0.5) is 4.39 Å². The first-order valence-electron chi connectivity index (χ1n) is 7.24. The molecule has 2 rings (SSSR count). The van der Waals surface area contributed by atoms with Gasteiger partial charge >= 0.3 is 0 Å². The first kappa shape index (κ1) is 15.6. The van der Waals surface area contributed by atoms with Crippen molar-refractivity contribution in [1.29, 1.82) is 0 Å². The number of likely N-dealkylation sites (N-methyl/N-ethyl adjacent to an activating group) is 1. The third-order valence-electron chi connectivity index (χ3n) is 3.57. The molecule has 2 N–H and O–H groups in total. The molecule has 0 amide bonds. The topological polar surface area (TPSA) is 42.2 Å². The highest BCUT2D eigenvalue weighted by molar-refractivity contribution is 5.19. The summed E-state index contributed by atoms with van der Waals surface area (Å²) in [6, 6.07) is 12.4. The molecular weight excluding hydrogens is 265 g/mol. The SMILES string of the molecule is CN(CCc1ccccn1)CCC(N)c1cccc(F)c1. The van der Waals surface area contributed by atoms with Crippen molar-refractivity contribution in [3.05, 3.63) is 65.7 Å². The summed E-state index contributed by atoms with van der Waals surface area (Å²) in [6.07, 6.45) is 3.55. The van der Waals surface area contributed by atoms with Gasteiger partial charge in [0, 0.05) is 30.9 Å². The third-order valence-corrected chi connectivity index (χ3v) is 3.57. The number of aromatic nitrogens is 1. The molecule has 1 atom stereocenters. The Bertz CT molecular complexity index is 545. The number of nitrogens with two attached hydrogens (primary N) is 1. The van der Waals surface area contributed by atoms with E-state index < -0.39 is 0 Å². The zero-order valence-electron chi connectivity index (χ0n) is 12.4. The molecule has 0 saturated carbocycles. The number of hydrogen-bond donors (Lipinski definition) is 1. The molecule has 0 spiro atoms. The standard InChI is InChI=1S/C17H22FN3/c1-21(11-8-16-7-2-3-10-20-16)12-9-17(19)14-5-4-6-15(18)13-14/h2-7,10,13,17H,8-9,11-12,19H2,1H3. The van der Waals surface area contributed by atoms with Gasteiger partial charge in [0.2, 0.25) is 0 Å². The Kier molecular flexibility index (Phi) is 5.84. The lowest BCUT2D eigenvalue weighted by Gasteiger charge is -2.19. The number of benzene rings is 1. The normalized spacial score (nSPS) is 12.6. The Balaban J connectivity index is 1.74. The molecule has 1 aromatic carbocycles. The fraction of sp³-hybridized carbons (Fsp3) is 0.353. The summed E-state index contributed by atoms with van der Waals surface area (Å²) in [5, 5.41) is 0. The van der Waals surface area contributed by atoms with E-state index in [-0.39, 0.29) is 11.9 Å². The van der Waals surface area contributed by atoms with Crippen LogP contribution in [0.3, 0.4) is 0 Å². The largest absolute Gasteiger partial charge is 0.324 e. The van der Waals surface area contributed by atoms with E-state index >= 15 is 0 Å². The summed E-state index contributed by atoms with van der Waals surface area (Å²) in [4.78, 5) is 6.54. The van der Waals surface area contributed by atoms with Crippen LogP contribution in [0, 0.1) is 5.82 Å². The lowest BCUT2D eigenvalue weighted by atomic mass is 10.0. The van der Waals surface area contributed by atoms with E-state index in [1.165, 1.54) is 12.1 Å². The van der Waals surface area contributed by atoms with E-state index in [4.69, 9.17) is 5.73 Å². The van der Waals surface area contributed by atoms with Gasteiger partial charge in [-0.25, -0.2) is 4.39 Å². The van der Waals surface area contributed by atoms with Gasteiger partial charge in [-0.3, -0.25) is 4.98 Å². The molecular formula is C17H22FN3. The van der Waals surface area contributed by atoms with Crippen LogP contribution >= 0.6 is 0 Å². The number of rotatable bonds is 7. The van der Waals surface area contributed by atoms with Gasteiger partial charge in [-0.1, -0.05) is 18.2 Å². The average Bonchev–Trinajstić information content (AvgIpc) is 2.51. The Morgan fingerprint density at radius 1 is 1.19 bits per heavy atom. The van der Waals surface area contributed by atoms with Crippen molar-refractivity contribution in [2.45, 2.75) is 18.9 Å². The predicted molar refractivity (Wildman–Crippen MR) is 83.4 cm³/mol. The van der Waals surface area contributed by atoms with Gasteiger partial charge in [0.25, 0.3) is 0 Å². The third kappa shape index (κ3) is 5.25. The maximum atomic E-state index is 13.2. The summed E-state index contributed by atoms with van der Waals surface area (Å²) in [5.74, 6) is -0.230. The Morgan fingerprint density at radius 2 is 2.05 bits per heavy atom. The lowest BCUT2D eigenvalue weighted by Crippen LogP contribution is -2.26. The van der Waals surface area contributed by atoms with Gasteiger partial charge in [0.1, 0.15) is 5.82 Å². The highest BCUT2D eigenvalue weighted by Gasteiger charge is 2.08.